The Morgan fingerprint density at radius 2 is 1.63 bits per heavy atom. The van der Waals surface area contributed by atoms with Crippen molar-refractivity contribution in [2.45, 2.75) is 0 Å². The molecule has 0 fully saturated rings. The molecule has 98 valence electrons. The van der Waals surface area contributed by atoms with Gasteiger partial charge < -0.3 is 16.4 Å². The molecule has 0 atom stereocenters. The van der Waals surface area contributed by atoms with Crippen molar-refractivity contribution >= 4 is 34.7 Å². The molecule has 2 aromatic rings. The van der Waals surface area contributed by atoms with E-state index in [4.69, 9.17) is 17.3 Å². The van der Waals surface area contributed by atoms with Crippen molar-refractivity contribution in [2.75, 3.05) is 16.4 Å². The van der Waals surface area contributed by atoms with Crippen molar-refractivity contribution in [3.63, 3.8) is 0 Å². The molecule has 0 radical (unpaired) electrons. The molecule has 0 spiro atoms. The summed E-state index contributed by atoms with van der Waals surface area (Å²) in [5.74, 6) is -0.364. The lowest BCUT2D eigenvalue weighted by Crippen LogP contribution is -2.19. The number of anilines is 3. The van der Waals surface area contributed by atoms with Gasteiger partial charge in [-0.25, -0.2) is 9.18 Å². The quantitative estimate of drug-likeness (QED) is 0.734. The van der Waals surface area contributed by atoms with Crippen LogP contribution in [0.25, 0.3) is 0 Å². The average molecular weight is 280 g/mol. The summed E-state index contributed by atoms with van der Waals surface area (Å²) in [6, 6.07) is 9.76. The van der Waals surface area contributed by atoms with Gasteiger partial charge in [0, 0.05) is 11.4 Å². The number of halogens is 2. The number of urea groups is 1. The Bertz CT molecular complexity index is 601. The van der Waals surface area contributed by atoms with Crippen molar-refractivity contribution in [3.8, 4) is 0 Å². The van der Waals surface area contributed by atoms with Gasteiger partial charge in [0.15, 0.2) is 0 Å². The molecule has 0 aromatic heterocycles. The summed E-state index contributed by atoms with van der Waals surface area (Å²) < 4.78 is 12.7. The molecule has 19 heavy (non-hydrogen) atoms. The van der Waals surface area contributed by atoms with Gasteiger partial charge in [-0.3, -0.25) is 0 Å². The van der Waals surface area contributed by atoms with Crippen LogP contribution in [-0.4, -0.2) is 6.03 Å². The Morgan fingerprint density at radius 3 is 2.26 bits per heavy atom. The summed E-state index contributed by atoms with van der Waals surface area (Å²) in [6.07, 6.45) is 0. The molecule has 4 nitrogen and oxygen atoms in total. The van der Waals surface area contributed by atoms with Crippen molar-refractivity contribution in [2.24, 2.45) is 0 Å². The highest BCUT2D eigenvalue weighted by Crippen LogP contribution is 2.22. The Balaban J connectivity index is 2.01. The van der Waals surface area contributed by atoms with Crippen LogP contribution in [0.3, 0.4) is 0 Å². The van der Waals surface area contributed by atoms with Gasteiger partial charge in [-0.1, -0.05) is 11.6 Å². The van der Waals surface area contributed by atoms with Crippen molar-refractivity contribution in [1.29, 1.82) is 0 Å². The van der Waals surface area contributed by atoms with Gasteiger partial charge in [-0.2, -0.15) is 0 Å². The molecule has 6 heteroatoms. The predicted octanol–water partition coefficient (Wildman–Crippen LogP) is 3.71. The van der Waals surface area contributed by atoms with E-state index in [2.05, 4.69) is 10.6 Å². The summed E-state index contributed by atoms with van der Waals surface area (Å²) in [5, 5.41) is 5.57. The molecule has 2 rings (SSSR count). The van der Waals surface area contributed by atoms with Crippen molar-refractivity contribution in [1.82, 2.24) is 0 Å². The SMILES string of the molecule is Nc1cc(NC(=O)Nc2ccc(F)cc2)ccc1Cl. The van der Waals surface area contributed by atoms with E-state index in [1.165, 1.54) is 24.3 Å². The van der Waals surface area contributed by atoms with Crippen LogP contribution in [0.15, 0.2) is 42.5 Å². The number of amides is 2. The summed E-state index contributed by atoms with van der Waals surface area (Å²) in [5.41, 5.74) is 7.00. The molecule has 2 aromatic carbocycles. The molecule has 0 aliphatic carbocycles. The third-order valence-corrected chi connectivity index (χ3v) is 2.70. The van der Waals surface area contributed by atoms with E-state index in [0.29, 0.717) is 22.1 Å². The Hall–Kier alpha value is -2.27. The van der Waals surface area contributed by atoms with Gasteiger partial charge in [0.05, 0.1) is 10.7 Å². The Morgan fingerprint density at radius 1 is 1.05 bits per heavy atom. The molecule has 0 bridgehead atoms. The lowest BCUT2D eigenvalue weighted by atomic mass is 10.3. The maximum Gasteiger partial charge on any atom is 0.323 e. The maximum atomic E-state index is 12.7. The molecule has 0 aliphatic heterocycles. The van der Waals surface area contributed by atoms with Crippen molar-refractivity contribution in [3.05, 3.63) is 53.3 Å². The van der Waals surface area contributed by atoms with E-state index in [9.17, 15) is 9.18 Å². The van der Waals surface area contributed by atoms with Gasteiger partial charge in [0.2, 0.25) is 0 Å². The van der Waals surface area contributed by atoms with E-state index in [0.717, 1.165) is 0 Å². The molecule has 0 saturated carbocycles. The summed E-state index contributed by atoms with van der Waals surface area (Å²) in [6.45, 7) is 0. The highest BCUT2D eigenvalue weighted by atomic mass is 35.5. The third-order valence-electron chi connectivity index (χ3n) is 2.36. The standard InChI is InChI=1S/C13H11ClFN3O/c14-11-6-5-10(7-12(11)16)18-13(19)17-9-3-1-8(15)2-4-9/h1-7H,16H2,(H2,17,18,19). The van der Waals surface area contributed by atoms with Crippen LogP contribution in [0.1, 0.15) is 0 Å². The highest BCUT2D eigenvalue weighted by Gasteiger charge is 2.04. The lowest BCUT2D eigenvalue weighted by molar-refractivity contribution is 0.262. The van der Waals surface area contributed by atoms with Crippen LogP contribution in [0.2, 0.25) is 5.02 Å². The minimum Gasteiger partial charge on any atom is -0.397 e. The maximum absolute atomic E-state index is 12.7. The number of hydrogen-bond donors (Lipinski definition) is 3. The normalized spacial score (nSPS) is 10.0. The number of hydrogen-bond acceptors (Lipinski definition) is 2. The van der Waals surface area contributed by atoms with E-state index < -0.39 is 6.03 Å². The number of carbonyl (C=O) groups is 1. The highest BCUT2D eigenvalue weighted by molar-refractivity contribution is 6.33. The number of nitrogen functional groups attached to an aromatic ring is 1. The van der Waals surface area contributed by atoms with E-state index in [-0.39, 0.29) is 5.82 Å². The second kappa shape index (κ2) is 5.58. The van der Waals surface area contributed by atoms with E-state index >= 15 is 0 Å². The summed E-state index contributed by atoms with van der Waals surface area (Å²) >= 11 is 5.77. The van der Waals surface area contributed by atoms with Gasteiger partial charge in [-0.15, -0.1) is 0 Å². The zero-order chi connectivity index (χ0) is 13.8. The topological polar surface area (TPSA) is 67.1 Å². The minimum absolute atomic E-state index is 0.364. The molecule has 4 N–H and O–H groups in total. The van der Waals surface area contributed by atoms with E-state index in [1.54, 1.807) is 18.2 Å². The minimum atomic E-state index is -0.451. The van der Waals surface area contributed by atoms with Crippen LogP contribution in [0, 0.1) is 5.82 Å². The van der Waals surface area contributed by atoms with E-state index in [1.807, 2.05) is 0 Å². The monoisotopic (exact) mass is 279 g/mol. The Kier molecular flexibility index (Phi) is 3.87. The van der Waals surface area contributed by atoms with Gasteiger partial charge in [-0.05, 0) is 42.5 Å². The summed E-state index contributed by atoms with van der Waals surface area (Å²) in [7, 11) is 0. The zero-order valence-corrected chi connectivity index (χ0v) is 10.5. The number of carbonyl (C=O) groups excluding carboxylic acids is 1. The first-order chi connectivity index (χ1) is 9.04. The molecular formula is C13H11ClFN3O. The fourth-order valence-corrected chi connectivity index (χ4v) is 1.57. The average Bonchev–Trinajstić information content (AvgIpc) is 2.37. The number of rotatable bonds is 2. The second-order valence-electron chi connectivity index (χ2n) is 3.82. The largest absolute Gasteiger partial charge is 0.397 e. The zero-order valence-electron chi connectivity index (χ0n) is 9.78. The van der Waals surface area contributed by atoms with Gasteiger partial charge >= 0.3 is 6.03 Å². The predicted molar refractivity (Wildman–Crippen MR) is 74.9 cm³/mol. The summed E-state index contributed by atoms with van der Waals surface area (Å²) in [4.78, 5) is 11.7. The molecule has 0 saturated heterocycles. The van der Waals surface area contributed by atoms with Crippen LogP contribution in [0.4, 0.5) is 26.2 Å². The van der Waals surface area contributed by atoms with Gasteiger partial charge in [0.25, 0.3) is 0 Å². The molecular weight excluding hydrogens is 269 g/mol. The number of benzene rings is 2. The third kappa shape index (κ3) is 3.59. The molecule has 2 amide bonds. The molecule has 0 unspecified atom stereocenters. The van der Waals surface area contributed by atoms with Crippen LogP contribution >= 0.6 is 11.6 Å². The number of nitrogens with one attached hydrogen (secondary N) is 2. The smallest absolute Gasteiger partial charge is 0.323 e. The molecule has 0 aliphatic rings. The fraction of sp³-hybridized carbons (Fsp3) is 0. The van der Waals surface area contributed by atoms with Gasteiger partial charge in [0.1, 0.15) is 5.82 Å². The fourth-order valence-electron chi connectivity index (χ4n) is 1.45. The Labute approximate surface area is 114 Å². The van der Waals surface area contributed by atoms with Crippen molar-refractivity contribution < 1.29 is 9.18 Å². The first-order valence-electron chi connectivity index (χ1n) is 5.43. The first kappa shape index (κ1) is 13.2. The number of nitrogens with two attached hydrogens (primary N) is 1. The van der Waals surface area contributed by atoms with Crippen LogP contribution in [0.5, 0.6) is 0 Å². The van der Waals surface area contributed by atoms with Crippen LogP contribution < -0.4 is 16.4 Å². The second-order valence-corrected chi connectivity index (χ2v) is 4.23. The first-order valence-corrected chi connectivity index (χ1v) is 5.81. The molecule has 0 heterocycles. The lowest BCUT2D eigenvalue weighted by Gasteiger charge is -2.08. The van der Waals surface area contributed by atoms with Crippen LogP contribution in [-0.2, 0) is 0 Å².